The first kappa shape index (κ1) is 36.6. The summed E-state index contributed by atoms with van der Waals surface area (Å²) in [5, 5.41) is 6.08. The molecule has 0 aromatic carbocycles. The number of hydrogen-bond donors (Lipinski definition) is 2. The van der Waals surface area contributed by atoms with E-state index in [-0.39, 0.29) is 17.9 Å². The zero-order valence-electron chi connectivity index (χ0n) is 26.7. The van der Waals surface area contributed by atoms with Gasteiger partial charge >= 0.3 is 0 Å². The van der Waals surface area contributed by atoms with E-state index in [0.717, 1.165) is 84.1 Å². The molecule has 2 amide bonds. The maximum atomic E-state index is 12.4. The van der Waals surface area contributed by atoms with E-state index < -0.39 is 0 Å². The van der Waals surface area contributed by atoms with E-state index in [1.807, 2.05) is 0 Å². The molecule has 7 heteroatoms. The fraction of sp³-hybridized carbons (Fsp3) is 0.486. The molecule has 1 unspecified atom stereocenters. The average Bonchev–Trinajstić information content (AvgIpc) is 3.05. The number of pyridine rings is 1. The molecule has 7 nitrogen and oxygen atoms in total. The van der Waals surface area contributed by atoms with E-state index in [4.69, 9.17) is 4.74 Å². The zero-order valence-corrected chi connectivity index (χ0v) is 26.7. The number of rotatable bonds is 22. The molecule has 44 heavy (non-hydrogen) atoms. The van der Waals surface area contributed by atoms with Crippen LogP contribution in [0.1, 0.15) is 81.5 Å². The quantitative estimate of drug-likeness (QED) is 0.141. The minimum atomic E-state index is -0.110. The molecule has 0 saturated carbocycles. The fourth-order valence-electron chi connectivity index (χ4n) is 4.72. The largest absolute Gasteiger partial charge is 0.379 e. The summed E-state index contributed by atoms with van der Waals surface area (Å²) in [6.45, 7) is 6.54. The molecule has 1 atom stereocenters. The maximum absolute atomic E-state index is 12.4. The van der Waals surface area contributed by atoms with Crippen molar-refractivity contribution in [1.82, 2.24) is 20.5 Å². The summed E-state index contributed by atoms with van der Waals surface area (Å²) in [6.07, 6.45) is 38.2. The summed E-state index contributed by atoms with van der Waals surface area (Å²) in [4.78, 5) is 31.1. The molecule has 0 aliphatic carbocycles. The number of ether oxygens (including phenoxy) is 1. The Kier molecular flexibility index (Phi) is 21.6. The first-order valence-electron chi connectivity index (χ1n) is 16.4. The molecule has 2 heterocycles. The predicted molar refractivity (Wildman–Crippen MR) is 182 cm³/mol. The van der Waals surface area contributed by atoms with Gasteiger partial charge < -0.3 is 15.4 Å². The SMILES string of the molecule is CCC=CCC=CCC=CCC=CCC=CCC=CCCC(=O)NCCC(CCNC(=O)c1cccnc1)N1CCOCC1. The number of amides is 2. The second kappa shape index (κ2) is 25.9. The number of morpholine rings is 1. The third-order valence-corrected chi connectivity index (χ3v) is 7.18. The van der Waals surface area contributed by atoms with Crippen molar-refractivity contribution >= 4 is 11.8 Å². The average molecular weight is 603 g/mol. The van der Waals surface area contributed by atoms with Crippen molar-refractivity contribution in [2.45, 2.75) is 77.2 Å². The van der Waals surface area contributed by atoms with Crippen LogP contribution < -0.4 is 10.6 Å². The highest BCUT2D eigenvalue weighted by atomic mass is 16.5. The Morgan fingerprint density at radius 2 is 1.36 bits per heavy atom. The summed E-state index contributed by atoms with van der Waals surface area (Å²) in [6, 6.07) is 3.80. The van der Waals surface area contributed by atoms with Crippen molar-refractivity contribution in [3.8, 4) is 0 Å². The molecule has 0 bridgehead atoms. The minimum Gasteiger partial charge on any atom is -0.379 e. The predicted octanol–water partition coefficient (Wildman–Crippen LogP) is 6.89. The Hall–Kier alpha value is -3.55. The molecule has 1 aromatic heterocycles. The van der Waals surface area contributed by atoms with Crippen molar-refractivity contribution in [1.29, 1.82) is 0 Å². The third kappa shape index (κ3) is 18.9. The molecule has 2 rings (SSSR count). The van der Waals surface area contributed by atoms with Crippen LogP contribution in [0.3, 0.4) is 0 Å². The van der Waals surface area contributed by atoms with Gasteiger partial charge in [-0.2, -0.15) is 0 Å². The van der Waals surface area contributed by atoms with Gasteiger partial charge in [-0.3, -0.25) is 19.5 Å². The summed E-state index contributed by atoms with van der Waals surface area (Å²) < 4.78 is 5.52. The van der Waals surface area contributed by atoms with Gasteiger partial charge in [-0.15, -0.1) is 0 Å². The number of hydrogen-bond acceptors (Lipinski definition) is 5. The highest BCUT2D eigenvalue weighted by molar-refractivity contribution is 5.93. The molecule has 1 saturated heterocycles. The van der Waals surface area contributed by atoms with Crippen LogP contribution in [0.25, 0.3) is 0 Å². The number of carbonyl (C=O) groups excluding carboxylic acids is 2. The molecular weight excluding hydrogens is 548 g/mol. The third-order valence-electron chi connectivity index (χ3n) is 7.18. The van der Waals surface area contributed by atoms with E-state index in [9.17, 15) is 9.59 Å². The first-order chi connectivity index (χ1) is 21.7. The van der Waals surface area contributed by atoms with E-state index in [2.05, 4.69) is 100 Å². The summed E-state index contributed by atoms with van der Waals surface area (Å²) in [7, 11) is 0. The van der Waals surface area contributed by atoms with Gasteiger partial charge in [0.2, 0.25) is 5.91 Å². The number of carbonyl (C=O) groups is 2. The standard InChI is InChI=1S/C37H54N4O3/c1-2-3-4-5-6-7-8-9-10-11-12-13-14-15-16-17-18-19-20-23-36(42)39-27-24-35(41-29-31-44-32-30-41)25-28-40-37(43)34-22-21-26-38-33-34/h3-4,6-7,9-10,12-13,15-16,18-19,21-22,26,33,35H,2,5,8,11,14,17,20,23-25,27-32H2,1H3,(H,39,42)(H,40,43). The second-order valence-corrected chi connectivity index (χ2v) is 10.7. The van der Waals surface area contributed by atoms with Gasteiger partial charge in [0, 0.05) is 51.0 Å². The summed E-state index contributed by atoms with van der Waals surface area (Å²) in [5.74, 6) is -0.0309. The molecule has 1 aromatic rings. The van der Waals surface area contributed by atoms with Gasteiger partial charge in [0.15, 0.2) is 0 Å². The number of allylic oxidation sites excluding steroid dienone is 12. The van der Waals surface area contributed by atoms with Crippen LogP contribution in [0.5, 0.6) is 0 Å². The van der Waals surface area contributed by atoms with Crippen LogP contribution in [0, 0.1) is 0 Å². The lowest BCUT2D eigenvalue weighted by Crippen LogP contribution is -2.46. The number of nitrogens with zero attached hydrogens (tertiary/aromatic N) is 2. The van der Waals surface area contributed by atoms with E-state index in [0.29, 0.717) is 25.1 Å². The van der Waals surface area contributed by atoms with Crippen LogP contribution in [0.4, 0.5) is 0 Å². The lowest BCUT2D eigenvalue weighted by Gasteiger charge is -2.34. The van der Waals surface area contributed by atoms with Gasteiger partial charge in [-0.1, -0.05) is 79.8 Å². The molecular formula is C37H54N4O3. The van der Waals surface area contributed by atoms with Crippen LogP contribution >= 0.6 is 0 Å². The molecule has 1 aliphatic heterocycles. The maximum Gasteiger partial charge on any atom is 0.252 e. The Balaban J connectivity index is 1.53. The normalized spacial score (nSPS) is 15.5. The second-order valence-electron chi connectivity index (χ2n) is 10.7. The highest BCUT2D eigenvalue weighted by Gasteiger charge is 2.21. The Morgan fingerprint density at radius 3 is 1.91 bits per heavy atom. The number of nitrogens with one attached hydrogen (secondary N) is 2. The van der Waals surface area contributed by atoms with Crippen LogP contribution in [-0.4, -0.2) is 67.1 Å². The van der Waals surface area contributed by atoms with Crippen LogP contribution in [-0.2, 0) is 9.53 Å². The van der Waals surface area contributed by atoms with Gasteiger partial charge in [0.25, 0.3) is 5.91 Å². The van der Waals surface area contributed by atoms with Crippen molar-refractivity contribution in [2.24, 2.45) is 0 Å². The smallest absolute Gasteiger partial charge is 0.252 e. The molecule has 1 aliphatic rings. The topological polar surface area (TPSA) is 83.6 Å². The van der Waals surface area contributed by atoms with Gasteiger partial charge in [-0.05, 0) is 69.9 Å². The minimum absolute atomic E-state index is 0.0788. The van der Waals surface area contributed by atoms with Crippen molar-refractivity contribution in [3.63, 3.8) is 0 Å². The lowest BCUT2D eigenvalue weighted by atomic mass is 10.1. The van der Waals surface area contributed by atoms with E-state index >= 15 is 0 Å². The molecule has 0 radical (unpaired) electrons. The fourth-order valence-corrected chi connectivity index (χ4v) is 4.72. The molecule has 1 fully saturated rings. The molecule has 0 spiro atoms. The summed E-state index contributed by atoms with van der Waals surface area (Å²) >= 11 is 0. The van der Waals surface area contributed by atoms with Gasteiger partial charge in [-0.25, -0.2) is 0 Å². The van der Waals surface area contributed by atoms with Crippen LogP contribution in [0.15, 0.2) is 97.4 Å². The van der Waals surface area contributed by atoms with Crippen LogP contribution in [0.2, 0.25) is 0 Å². The monoisotopic (exact) mass is 602 g/mol. The Bertz CT molecular complexity index is 1070. The Morgan fingerprint density at radius 1 is 0.818 bits per heavy atom. The first-order valence-corrected chi connectivity index (χ1v) is 16.4. The molecule has 240 valence electrons. The Labute approximate surface area is 265 Å². The lowest BCUT2D eigenvalue weighted by molar-refractivity contribution is -0.121. The molecule has 2 N–H and O–H groups in total. The number of aromatic nitrogens is 1. The van der Waals surface area contributed by atoms with Crippen molar-refractivity contribution < 1.29 is 14.3 Å². The zero-order chi connectivity index (χ0) is 31.3. The van der Waals surface area contributed by atoms with E-state index in [1.54, 1.807) is 24.5 Å². The van der Waals surface area contributed by atoms with Crippen molar-refractivity contribution in [3.05, 3.63) is 103 Å². The van der Waals surface area contributed by atoms with E-state index in [1.165, 1.54) is 0 Å². The van der Waals surface area contributed by atoms with Crippen molar-refractivity contribution in [2.75, 3.05) is 39.4 Å². The van der Waals surface area contributed by atoms with Gasteiger partial charge in [0.05, 0.1) is 18.8 Å². The van der Waals surface area contributed by atoms with Gasteiger partial charge in [0.1, 0.15) is 0 Å². The summed E-state index contributed by atoms with van der Waals surface area (Å²) in [5.41, 5.74) is 0.564. The highest BCUT2D eigenvalue weighted by Crippen LogP contribution is 2.11.